The summed E-state index contributed by atoms with van der Waals surface area (Å²) in [6.45, 7) is 2.96. The number of anilines is 1. The van der Waals surface area contributed by atoms with E-state index in [2.05, 4.69) is 4.98 Å². The second-order valence-corrected chi connectivity index (χ2v) is 9.82. The van der Waals surface area contributed by atoms with E-state index in [1.165, 1.54) is 18.2 Å². The molecule has 2 aromatic carbocycles. The number of piperidine rings is 1. The molecule has 0 unspecified atom stereocenters. The van der Waals surface area contributed by atoms with Gasteiger partial charge in [0.2, 0.25) is 0 Å². The van der Waals surface area contributed by atoms with Gasteiger partial charge in [-0.15, -0.1) is 0 Å². The highest BCUT2D eigenvalue weighted by atomic mass is 19.3. The summed E-state index contributed by atoms with van der Waals surface area (Å²) >= 11 is 0. The summed E-state index contributed by atoms with van der Waals surface area (Å²) in [6.07, 6.45) is 1.38. The fourth-order valence-electron chi connectivity index (χ4n) is 4.41. The molecular weight excluding hydrogens is 498 g/mol. The van der Waals surface area contributed by atoms with Gasteiger partial charge in [-0.1, -0.05) is 18.2 Å². The Kier molecular flexibility index (Phi) is 7.16. The summed E-state index contributed by atoms with van der Waals surface area (Å²) in [4.78, 5) is 6.57. The third-order valence-electron chi connectivity index (χ3n) is 6.72. The van der Waals surface area contributed by atoms with Gasteiger partial charge in [-0.05, 0) is 51.0 Å². The Bertz CT molecular complexity index is 1460. The van der Waals surface area contributed by atoms with Gasteiger partial charge in [-0.25, -0.2) is 13.8 Å². The average molecular weight is 524 g/mol. The van der Waals surface area contributed by atoms with Crippen LogP contribution in [0.15, 0.2) is 42.5 Å². The minimum Gasteiger partial charge on any atom is -0.384 e. The number of nitrogens with two attached hydrogens (primary N) is 1. The van der Waals surface area contributed by atoms with Crippen molar-refractivity contribution in [1.82, 2.24) is 4.98 Å². The quantitative estimate of drug-likeness (QED) is 0.444. The van der Waals surface area contributed by atoms with E-state index < -0.39 is 28.7 Å². The zero-order valence-corrected chi connectivity index (χ0v) is 20.8. The molecule has 1 aliphatic rings. The highest BCUT2D eigenvalue weighted by molar-refractivity contribution is 5.87. The number of benzene rings is 2. The Labute approximate surface area is 217 Å². The molecule has 0 radical (unpaired) electrons. The number of hydrogen-bond donors (Lipinski definition) is 2. The topological polar surface area (TPSA) is 110 Å². The van der Waals surface area contributed by atoms with Gasteiger partial charge in [0.05, 0.1) is 22.9 Å². The van der Waals surface area contributed by atoms with E-state index in [4.69, 9.17) is 11.0 Å². The van der Waals surface area contributed by atoms with Crippen LogP contribution in [0.25, 0.3) is 22.4 Å². The first-order valence-electron chi connectivity index (χ1n) is 11.9. The lowest BCUT2D eigenvalue weighted by Gasteiger charge is -2.32. The zero-order valence-electron chi connectivity index (χ0n) is 20.8. The van der Waals surface area contributed by atoms with E-state index >= 15 is 4.39 Å². The van der Waals surface area contributed by atoms with Crippen LogP contribution < -0.4 is 10.6 Å². The van der Waals surface area contributed by atoms with E-state index in [1.807, 2.05) is 11.0 Å². The second kappa shape index (κ2) is 10.1. The van der Waals surface area contributed by atoms with Crippen LogP contribution in [0.4, 0.5) is 23.4 Å². The van der Waals surface area contributed by atoms with Crippen molar-refractivity contribution in [2.75, 3.05) is 18.0 Å². The predicted molar refractivity (Wildman–Crippen MR) is 134 cm³/mol. The lowest BCUT2D eigenvalue weighted by atomic mass is 9.89. The molecule has 0 saturated carbocycles. The maximum Gasteiger partial charge on any atom is 0.300 e. The summed E-state index contributed by atoms with van der Waals surface area (Å²) in [6, 6.07) is 11.7. The van der Waals surface area contributed by atoms with Crippen LogP contribution in [0, 0.1) is 34.3 Å². The van der Waals surface area contributed by atoms with Gasteiger partial charge in [-0.2, -0.15) is 19.3 Å². The van der Waals surface area contributed by atoms with Gasteiger partial charge in [0.15, 0.2) is 0 Å². The van der Waals surface area contributed by atoms with Crippen LogP contribution in [0.5, 0.6) is 0 Å². The maximum atomic E-state index is 15.5. The van der Waals surface area contributed by atoms with Gasteiger partial charge >= 0.3 is 5.92 Å². The van der Waals surface area contributed by atoms with E-state index in [9.17, 15) is 23.5 Å². The SMILES string of the molecule is CC(C)(O)C(F)(F)c1ccc(-c2c(C#N)cc(N3CCC(N)CC3)nc2-c2ccc(C#N)c(F)c2)c(F)c1. The molecule has 1 aromatic heterocycles. The predicted octanol–water partition coefficient (Wildman–Crippen LogP) is 5.23. The molecule has 38 heavy (non-hydrogen) atoms. The highest BCUT2D eigenvalue weighted by Gasteiger charge is 2.47. The fraction of sp³-hybridized carbons (Fsp3) is 0.321. The third-order valence-corrected chi connectivity index (χ3v) is 6.72. The Morgan fingerprint density at radius 1 is 0.974 bits per heavy atom. The number of rotatable bonds is 5. The van der Waals surface area contributed by atoms with Crippen molar-refractivity contribution in [2.24, 2.45) is 5.73 Å². The number of aromatic nitrogens is 1. The van der Waals surface area contributed by atoms with E-state index in [0.29, 0.717) is 37.8 Å². The molecule has 6 nitrogen and oxygen atoms in total. The molecule has 2 heterocycles. The molecule has 0 spiro atoms. The van der Waals surface area contributed by atoms with Crippen molar-refractivity contribution in [1.29, 1.82) is 10.5 Å². The zero-order chi connectivity index (χ0) is 27.8. The van der Waals surface area contributed by atoms with Crippen LogP contribution in [-0.4, -0.2) is 34.8 Å². The van der Waals surface area contributed by atoms with Gasteiger partial charge in [0, 0.05) is 41.4 Å². The van der Waals surface area contributed by atoms with E-state index in [0.717, 1.165) is 32.0 Å². The van der Waals surface area contributed by atoms with Crippen LogP contribution in [0.3, 0.4) is 0 Å². The number of halogens is 4. The molecular formula is C28H25F4N5O. The number of aliphatic hydroxyl groups is 1. The first-order chi connectivity index (χ1) is 17.9. The maximum absolute atomic E-state index is 15.5. The normalized spacial score (nSPS) is 14.7. The molecule has 0 atom stereocenters. The fourth-order valence-corrected chi connectivity index (χ4v) is 4.41. The average Bonchev–Trinajstić information content (AvgIpc) is 2.87. The number of nitrogens with zero attached hydrogens (tertiary/aromatic N) is 4. The first kappa shape index (κ1) is 27.1. The Morgan fingerprint density at radius 3 is 2.18 bits per heavy atom. The third kappa shape index (κ3) is 4.93. The van der Waals surface area contributed by atoms with Gasteiger partial charge in [-0.3, -0.25) is 0 Å². The number of pyridine rings is 1. The molecule has 0 aliphatic carbocycles. The molecule has 3 aromatic rings. The van der Waals surface area contributed by atoms with Crippen molar-refractivity contribution >= 4 is 5.82 Å². The van der Waals surface area contributed by atoms with Gasteiger partial charge < -0.3 is 15.7 Å². The minimum absolute atomic E-state index is 0.00513. The highest BCUT2D eigenvalue weighted by Crippen LogP contribution is 2.42. The smallest absolute Gasteiger partial charge is 0.300 e. The van der Waals surface area contributed by atoms with Crippen molar-refractivity contribution in [3.05, 3.63) is 70.8 Å². The lowest BCUT2D eigenvalue weighted by molar-refractivity contribution is -0.168. The number of nitriles is 2. The molecule has 1 fully saturated rings. The van der Waals surface area contributed by atoms with Crippen molar-refractivity contribution in [3.63, 3.8) is 0 Å². The Morgan fingerprint density at radius 2 is 1.63 bits per heavy atom. The van der Waals surface area contributed by atoms with Crippen LogP contribution in [-0.2, 0) is 5.92 Å². The monoisotopic (exact) mass is 523 g/mol. The van der Waals surface area contributed by atoms with E-state index in [-0.39, 0.29) is 39.6 Å². The van der Waals surface area contributed by atoms with Crippen LogP contribution >= 0.6 is 0 Å². The lowest BCUT2D eigenvalue weighted by Crippen LogP contribution is -2.40. The molecule has 1 aliphatic heterocycles. The standard InChI is InChI=1S/C28H25F4N5O/c1-27(2,38)28(31,32)19-5-6-21(23(30)13-19)25-18(15-34)12-24(37-9-7-20(35)8-10-37)36-26(25)16-3-4-17(14-33)22(29)11-16/h3-6,11-13,20,38H,7-10,35H2,1-2H3. The second-order valence-electron chi connectivity index (χ2n) is 9.82. The van der Waals surface area contributed by atoms with Gasteiger partial charge in [0.1, 0.15) is 29.1 Å². The molecule has 10 heteroatoms. The Hall–Kier alpha value is -3.99. The van der Waals surface area contributed by atoms with Crippen molar-refractivity contribution < 1.29 is 22.7 Å². The minimum atomic E-state index is -3.76. The Balaban J connectivity index is 1.95. The van der Waals surface area contributed by atoms with Gasteiger partial charge in [0.25, 0.3) is 0 Å². The molecule has 4 rings (SSSR count). The molecule has 0 bridgehead atoms. The largest absolute Gasteiger partial charge is 0.384 e. The first-order valence-corrected chi connectivity index (χ1v) is 11.9. The summed E-state index contributed by atoms with van der Waals surface area (Å²) in [5.41, 5.74) is 2.62. The molecule has 1 saturated heterocycles. The number of hydrogen-bond acceptors (Lipinski definition) is 6. The summed E-state index contributed by atoms with van der Waals surface area (Å²) < 4.78 is 59.5. The summed E-state index contributed by atoms with van der Waals surface area (Å²) in [5.74, 6) is -5.26. The molecule has 0 amide bonds. The van der Waals surface area contributed by atoms with E-state index in [1.54, 1.807) is 6.07 Å². The van der Waals surface area contributed by atoms with Crippen molar-refractivity contribution in [2.45, 2.75) is 44.3 Å². The number of alkyl halides is 2. The van der Waals surface area contributed by atoms with Crippen molar-refractivity contribution in [3.8, 4) is 34.5 Å². The van der Waals surface area contributed by atoms with Crippen LogP contribution in [0.1, 0.15) is 43.4 Å². The molecule has 3 N–H and O–H groups in total. The molecule has 196 valence electrons. The summed E-state index contributed by atoms with van der Waals surface area (Å²) in [5, 5.41) is 29.0. The summed E-state index contributed by atoms with van der Waals surface area (Å²) in [7, 11) is 0. The van der Waals surface area contributed by atoms with Crippen LogP contribution in [0.2, 0.25) is 0 Å².